The fourth-order valence-electron chi connectivity index (χ4n) is 0. The van der Waals surface area contributed by atoms with Gasteiger partial charge in [0.05, 0.1) is 0 Å². The minimum absolute atomic E-state index is 0. The van der Waals surface area contributed by atoms with E-state index in [1.54, 1.807) is 0 Å². The van der Waals surface area contributed by atoms with Crippen LogP contribution < -0.4 is 0 Å². The topological polar surface area (TPSA) is 31.5 Å². The van der Waals surface area contributed by atoms with Crippen molar-refractivity contribution in [1.29, 1.82) is 0 Å². The van der Waals surface area contributed by atoms with Crippen molar-refractivity contribution in [2.75, 3.05) is 0 Å². The van der Waals surface area contributed by atoms with Crippen molar-refractivity contribution < 1.29 is 5.48 Å². The van der Waals surface area contributed by atoms with Gasteiger partial charge in [0.1, 0.15) is 0 Å². The van der Waals surface area contributed by atoms with Crippen LogP contribution in [-0.4, -0.2) is 16.4 Å². The van der Waals surface area contributed by atoms with Crippen LogP contribution in [0, 0.1) is 0 Å². The molecule has 1 nitrogen and oxygen atoms in total. The molecule has 0 aromatic carbocycles. The van der Waals surface area contributed by atoms with Gasteiger partial charge in [0.2, 0.25) is 0 Å². The molecule has 0 aromatic rings. The third-order valence-electron chi connectivity index (χ3n) is 0. The van der Waals surface area contributed by atoms with Crippen molar-refractivity contribution in [3.63, 3.8) is 0 Å². The first-order chi connectivity index (χ1) is 1.41. The van der Waals surface area contributed by atoms with Gasteiger partial charge in [-0.2, -0.15) is 0 Å². The van der Waals surface area contributed by atoms with Gasteiger partial charge < -0.3 is 5.48 Å². The van der Waals surface area contributed by atoms with E-state index in [0.717, 1.165) is 0 Å². The van der Waals surface area contributed by atoms with Crippen LogP contribution >= 0.6 is 0 Å². The van der Waals surface area contributed by atoms with E-state index in [4.69, 9.17) is 0 Å². The maximum absolute atomic E-state index is 3.12. The zero-order chi connectivity index (χ0) is 2.71. The first-order valence-electron chi connectivity index (χ1n) is 0.707. The molecule has 0 spiro atoms. The predicted octanol–water partition coefficient (Wildman–Crippen LogP) is -1.32. The average molecular weight is 90.2 g/mol. The summed E-state index contributed by atoms with van der Waals surface area (Å²) < 4.78 is 0. The van der Waals surface area contributed by atoms with Crippen LogP contribution in [0.3, 0.4) is 0 Å². The Hall–Kier alpha value is -0.303. The molecule has 0 heterocycles. The van der Waals surface area contributed by atoms with Crippen LogP contribution in [0.5, 0.6) is 0 Å². The fraction of sp³-hybridized carbons (Fsp3) is 0. The summed E-state index contributed by atoms with van der Waals surface area (Å²) in [6, 6.07) is 0. The number of hydrogen-bond donors (Lipinski definition) is 0. The Morgan fingerprint density at radius 2 is 1.20 bits per heavy atom. The molecule has 2 heteroatoms. The smallest absolute Gasteiger partial charge is 0.0149 e. The van der Waals surface area contributed by atoms with Crippen molar-refractivity contribution in [1.82, 2.24) is 0 Å². The highest BCUT2D eigenvalue weighted by molar-refractivity contribution is 5.75. The molecule has 0 aromatic heterocycles. The molecule has 0 radical (unpaired) electrons. The summed E-state index contributed by atoms with van der Waals surface area (Å²) in [6.07, 6.45) is 0. The lowest BCUT2D eigenvalue weighted by Gasteiger charge is -1.10. The summed E-state index contributed by atoms with van der Waals surface area (Å²) in [6.45, 7) is 6.25. The number of hydrogen-bond acceptors (Lipinski definition) is 0. The molecule has 0 atom stereocenters. The van der Waals surface area contributed by atoms with E-state index in [0.29, 0.717) is 0 Å². The van der Waals surface area contributed by atoms with Crippen LogP contribution in [0.2, 0.25) is 0 Å². The molecular formula is C3H10OSi. The van der Waals surface area contributed by atoms with Gasteiger partial charge >= 0.3 is 0 Å². The zero-order valence-corrected chi connectivity index (χ0v) is 2.41. The molecule has 0 aliphatic heterocycles. The van der Waals surface area contributed by atoms with Crippen LogP contribution in [0.4, 0.5) is 0 Å². The van der Waals surface area contributed by atoms with Crippen LogP contribution in [0.15, 0.2) is 18.9 Å². The Bertz CT molecular complexity index is 27.9. The molecule has 0 unspecified atom stereocenters. The Morgan fingerprint density at radius 1 is 1.20 bits per heavy atom. The maximum Gasteiger partial charge on any atom is -0.0149 e. The van der Waals surface area contributed by atoms with Gasteiger partial charge in [-0.3, -0.25) is 0 Å². The Morgan fingerprint density at radius 3 is 1.20 bits per heavy atom. The van der Waals surface area contributed by atoms with Gasteiger partial charge in [-0.05, 0) is 11.0 Å². The summed E-state index contributed by atoms with van der Waals surface area (Å²) >= 11 is 0. The van der Waals surface area contributed by atoms with Gasteiger partial charge in [-0.15, -0.1) is 5.73 Å². The zero-order valence-electron chi connectivity index (χ0n) is 2.41. The second kappa shape index (κ2) is 55.4. The van der Waals surface area contributed by atoms with Gasteiger partial charge in [0.15, 0.2) is 0 Å². The maximum atomic E-state index is 3.12. The highest BCUT2D eigenvalue weighted by Crippen LogP contribution is 1.16. The highest BCUT2D eigenvalue weighted by atomic mass is 28.1. The number of rotatable bonds is 0. The lowest BCUT2D eigenvalue weighted by Crippen LogP contribution is -0.844. The second-order valence-electron chi connectivity index (χ2n) is 0.250. The van der Waals surface area contributed by atoms with Gasteiger partial charge in [-0.1, -0.05) is 13.2 Å². The summed E-state index contributed by atoms with van der Waals surface area (Å²) in [5.74, 6) is 0. The van der Waals surface area contributed by atoms with E-state index in [1.165, 1.54) is 0 Å². The van der Waals surface area contributed by atoms with Gasteiger partial charge in [-0.25, -0.2) is 0 Å². The molecule has 32 valence electrons. The fourth-order valence-corrected chi connectivity index (χ4v) is 0. The quantitative estimate of drug-likeness (QED) is 0.261. The molecule has 0 saturated heterocycles. The van der Waals surface area contributed by atoms with E-state index in [1.807, 2.05) is 0 Å². The SMILES string of the molecule is C=C=C.O.[SiH4]. The Balaban J connectivity index is -0.0000000200. The van der Waals surface area contributed by atoms with E-state index in [-0.39, 0.29) is 16.4 Å². The standard InChI is InChI=1S/C3H4.H2O.H4Si/c1-3-2;;/h1-2H2;1H2;1H4. The van der Waals surface area contributed by atoms with E-state index in [9.17, 15) is 0 Å². The molecule has 0 fully saturated rings. The van der Waals surface area contributed by atoms with Crippen molar-refractivity contribution in [3.8, 4) is 0 Å². The summed E-state index contributed by atoms with van der Waals surface area (Å²) in [7, 11) is 0. The van der Waals surface area contributed by atoms with Gasteiger partial charge in [0, 0.05) is 0 Å². The van der Waals surface area contributed by atoms with Crippen molar-refractivity contribution >= 4 is 11.0 Å². The first-order valence-corrected chi connectivity index (χ1v) is 0.707. The molecule has 5 heavy (non-hydrogen) atoms. The Kier molecular flexibility index (Phi) is 247. The van der Waals surface area contributed by atoms with Crippen molar-refractivity contribution in [2.45, 2.75) is 0 Å². The summed E-state index contributed by atoms with van der Waals surface area (Å²) in [4.78, 5) is 0. The monoisotopic (exact) mass is 90.1 g/mol. The van der Waals surface area contributed by atoms with Crippen molar-refractivity contribution in [3.05, 3.63) is 18.9 Å². The summed E-state index contributed by atoms with van der Waals surface area (Å²) in [5, 5.41) is 0. The predicted molar refractivity (Wildman–Crippen MR) is 29.7 cm³/mol. The third kappa shape index (κ3) is 116. The van der Waals surface area contributed by atoms with E-state index in [2.05, 4.69) is 18.9 Å². The minimum atomic E-state index is 0. The molecule has 0 aliphatic rings. The lowest BCUT2D eigenvalue weighted by molar-refractivity contribution is 0.824. The molecule has 0 rings (SSSR count). The summed E-state index contributed by atoms with van der Waals surface area (Å²) in [5.41, 5.74) is 2.25. The van der Waals surface area contributed by atoms with E-state index >= 15 is 0 Å². The molecule has 0 saturated carbocycles. The molecule has 2 N–H and O–H groups in total. The molecular weight excluding hydrogens is 80.1 g/mol. The molecule has 0 aliphatic carbocycles. The van der Waals surface area contributed by atoms with Crippen LogP contribution in [0.1, 0.15) is 0 Å². The average Bonchev–Trinajstić information content (AvgIpc) is 0.918. The Labute approximate surface area is 36.3 Å². The van der Waals surface area contributed by atoms with Gasteiger partial charge in [0.25, 0.3) is 0 Å². The molecule has 0 bridgehead atoms. The van der Waals surface area contributed by atoms with E-state index < -0.39 is 0 Å². The lowest BCUT2D eigenvalue weighted by atomic mass is 11.0. The second-order valence-corrected chi connectivity index (χ2v) is 0.250. The largest absolute Gasteiger partial charge is 0.412 e. The minimum Gasteiger partial charge on any atom is -0.412 e. The van der Waals surface area contributed by atoms with Crippen LogP contribution in [-0.2, 0) is 0 Å². The van der Waals surface area contributed by atoms with Crippen LogP contribution in [0.25, 0.3) is 0 Å². The van der Waals surface area contributed by atoms with Crippen molar-refractivity contribution in [2.24, 2.45) is 0 Å². The first kappa shape index (κ1) is 22.3. The normalized spacial score (nSPS) is 1.60. The third-order valence-corrected chi connectivity index (χ3v) is 0. The highest BCUT2D eigenvalue weighted by Gasteiger charge is 0.904. The molecule has 0 amide bonds.